The highest BCUT2D eigenvalue weighted by molar-refractivity contribution is 9.10. The van der Waals surface area contributed by atoms with E-state index in [1.54, 1.807) is 0 Å². The molecule has 1 aromatic carbocycles. The van der Waals surface area contributed by atoms with Crippen molar-refractivity contribution in [2.24, 2.45) is 11.1 Å². The average molecular weight is 292 g/mol. The van der Waals surface area contributed by atoms with Crippen LogP contribution >= 0.6 is 15.9 Å². The zero-order chi connectivity index (χ0) is 12.5. The van der Waals surface area contributed by atoms with E-state index in [2.05, 4.69) is 15.9 Å². The molecular formula is C12H16BrF2N. The van der Waals surface area contributed by atoms with E-state index >= 15 is 0 Å². The van der Waals surface area contributed by atoms with Crippen molar-refractivity contribution in [1.82, 2.24) is 0 Å². The van der Waals surface area contributed by atoms with Crippen molar-refractivity contribution in [2.75, 3.05) is 0 Å². The molecule has 0 amide bonds. The van der Waals surface area contributed by atoms with Gasteiger partial charge in [0.05, 0.1) is 4.47 Å². The van der Waals surface area contributed by atoms with E-state index in [4.69, 9.17) is 5.73 Å². The lowest BCUT2D eigenvalue weighted by Gasteiger charge is -2.23. The second-order valence-electron chi connectivity index (χ2n) is 5.16. The van der Waals surface area contributed by atoms with Crippen LogP contribution in [-0.4, -0.2) is 0 Å². The van der Waals surface area contributed by atoms with Crippen molar-refractivity contribution in [3.63, 3.8) is 0 Å². The molecule has 0 aliphatic rings. The Labute approximate surface area is 103 Å². The fourth-order valence-electron chi connectivity index (χ4n) is 1.59. The van der Waals surface area contributed by atoms with Gasteiger partial charge >= 0.3 is 0 Å². The minimum atomic E-state index is -0.485. The number of rotatable bonds is 2. The van der Waals surface area contributed by atoms with Gasteiger partial charge in [-0.25, -0.2) is 8.78 Å². The third-order valence-electron chi connectivity index (χ3n) is 2.27. The van der Waals surface area contributed by atoms with Gasteiger partial charge in [-0.3, -0.25) is 0 Å². The van der Waals surface area contributed by atoms with Gasteiger partial charge in [0, 0.05) is 11.6 Å². The fourth-order valence-corrected chi connectivity index (χ4v) is 1.91. The number of halogens is 3. The third-order valence-corrected chi connectivity index (χ3v) is 2.88. The lowest BCUT2D eigenvalue weighted by molar-refractivity contribution is 0.338. The lowest BCUT2D eigenvalue weighted by atomic mass is 9.86. The Morgan fingerprint density at radius 3 is 2.31 bits per heavy atom. The molecule has 16 heavy (non-hydrogen) atoms. The van der Waals surface area contributed by atoms with Crippen LogP contribution in [0, 0.1) is 17.0 Å². The van der Waals surface area contributed by atoms with Crippen LogP contribution in [0.3, 0.4) is 0 Å². The molecule has 4 heteroatoms. The number of hydrogen-bond acceptors (Lipinski definition) is 1. The normalized spacial score (nSPS) is 13.9. The summed E-state index contributed by atoms with van der Waals surface area (Å²) in [5.41, 5.74) is 6.09. The first-order chi connectivity index (χ1) is 7.20. The minimum absolute atomic E-state index is 0.0184. The molecule has 0 radical (unpaired) electrons. The first-order valence-corrected chi connectivity index (χ1v) is 5.90. The van der Waals surface area contributed by atoms with E-state index in [0.29, 0.717) is 6.42 Å². The summed E-state index contributed by atoms with van der Waals surface area (Å²) in [5.74, 6) is -0.953. The van der Waals surface area contributed by atoms with Gasteiger partial charge in [-0.1, -0.05) is 20.8 Å². The Hall–Kier alpha value is -0.480. The summed E-state index contributed by atoms with van der Waals surface area (Å²) in [6, 6.07) is 1.80. The van der Waals surface area contributed by atoms with Crippen molar-refractivity contribution in [2.45, 2.75) is 33.2 Å². The minimum Gasteiger partial charge on any atom is -0.324 e. The number of nitrogens with two attached hydrogens (primary N) is 1. The summed E-state index contributed by atoms with van der Waals surface area (Å²) in [5, 5.41) is 0. The van der Waals surface area contributed by atoms with E-state index in [0.717, 1.165) is 12.1 Å². The van der Waals surface area contributed by atoms with Crippen molar-refractivity contribution in [3.8, 4) is 0 Å². The maximum absolute atomic E-state index is 13.6. The van der Waals surface area contributed by atoms with Crippen LogP contribution in [-0.2, 0) is 0 Å². The lowest BCUT2D eigenvalue weighted by Crippen LogP contribution is -2.20. The molecule has 1 atom stereocenters. The molecule has 1 unspecified atom stereocenters. The Bertz CT molecular complexity index is 385. The van der Waals surface area contributed by atoms with Crippen LogP contribution in [0.5, 0.6) is 0 Å². The second kappa shape index (κ2) is 4.80. The van der Waals surface area contributed by atoms with Gasteiger partial charge in [-0.05, 0) is 39.9 Å². The highest BCUT2D eigenvalue weighted by atomic mass is 79.9. The van der Waals surface area contributed by atoms with Gasteiger partial charge in [0.1, 0.15) is 11.6 Å². The number of hydrogen-bond donors (Lipinski definition) is 1. The maximum atomic E-state index is 13.6. The Balaban J connectivity index is 3.00. The molecule has 0 aliphatic heterocycles. The van der Waals surface area contributed by atoms with Gasteiger partial charge in [-0.15, -0.1) is 0 Å². The summed E-state index contributed by atoms with van der Waals surface area (Å²) in [7, 11) is 0. The third kappa shape index (κ3) is 3.52. The standard InChI is InChI=1S/C12H16BrF2N/c1-12(2,3)6-11(16)7-4-10(15)8(13)5-9(7)14/h4-5,11H,6,16H2,1-3H3. The first-order valence-electron chi connectivity index (χ1n) is 5.11. The van der Waals surface area contributed by atoms with Crippen LogP contribution in [0.15, 0.2) is 16.6 Å². The van der Waals surface area contributed by atoms with E-state index in [1.165, 1.54) is 0 Å². The molecule has 0 aromatic heterocycles. The van der Waals surface area contributed by atoms with Gasteiger partial charge in [0.25, 0.3) is 0 Å². The highest BCUT2D eigenvalue weighted by Gasteiger charge is 2.20. The molecule has 90 valence electrons. The van der Waals surface area contributed by atoms with Crippen molar-refractivity contribution in [1.29, 1.82) is 0 Å². The van der Waals surface area contributed by atoms with Crippen LogP contribution in [0.2, 0.25) is 0 Å². The Kier molecular flexibility index (Phi) is 4.07. The molecule has 0 saturated carbocycles. The van der Waals surface area contributed by atoms with Crippen LogP contribution in [0.25, 0.3) is 0 Å². The van der Waals surface area contributed by atoms with Gasteiger partial charge < -0.3 is 5.73 Å². The summed E-state index contributed by atoms with van der Waals surface area (Å²) in [6.45, 7) is 6.04. The van der Waals surface area contributed by atoms with Crippen LogP contribution < -0.4 is 5.73 Å². The van der Waals surface area contributed by atoms with Crippen molar-refractivity contribution >= 4 is 15.9 Å². The predicted molar refractivity (Wildman–Crippen MR) is 65.1 cm³/mol. The van der Waals surface area contributed by atoms with Crippen molar-refractivity contribution in [3.05, 3.63) is 33.8 Å². The Morgan fingerprint density at radius 2 is 1.81 bits per heavy atom. The van der Waals surface area contributed by atoms with E-state index in [-0.39, 0.29) is 15.5 Å². The largest absolute Gasteiger partial charge is 0.324 e. The van der Waals surface area contributed by atoms with E-state index in [9.17, 15) is 8.78 Å². The van der Waals surface area contributed by atoms with E-state index in [1.807, 2.05) is 20.8 Å². The predicted octanol–water partition coefficient (Wildman–Crippen LogP) is 4.16. The molecule has 1 aromatic rings. The average Bonchev–Trinajstić information content (AvgIpc) is 2.08. The van der Waals surface area contributed by atoms with E-state index < -0.39 is 17.7 Å². The quantitative estimate of drug-likeness (QED) is 0.814. The van der Waals surface area contributed by atoms with Crippen LogP contribution in [0.1, 0.15) is 38.8 Å². The summed E-state index contributed by atoms with van der Waals surface area (Å²) in [6.07, 6.45) is 0.602. The van der Waals surface area contributed by atoms with Gasteiger partial charge in [-0.2, -0.15) is 0 Å². The zero-order valence-corrected chi connectivity index (χ0v) is 11.2. The molecular weight excluding hydrogens is 276 g/mol. The number of benzene rings is 1. The van der Waals surface area contributed by atoms with Crippen molar-refractivity contribution < 1.29 is 8.78 Å². The molecule has 0 heterocycles. The first kappa shape index (κ1) is 13.6. The second-order valence-corrected chi connectivity index (χ2v) is 6.01. The monoisotopic (exact) mass is 291 g/mol. The molecule has 1 nitrogen and oxygen atoms in total. The molecule has 0 saturated heterocycles. The summed E-state index contributed by atoms with van der Waals surface area (Å²) < 4.78 is 27.0. The Morgan fingerprint density at radius 1 is 1.25 bits per heavy atom. The fraction of sp³-hybridized carbons (Fsp3) is 0.500. The maximum Gasteiger partial charge on any atom is 0.137 e. The highest BCUT2D eigenvalue weighted by Crippen LogP contribution is 2.30. The molecule has 1 rings (SSSR count). The zero-order valence-electron chi connectivity index (χ0n) is 9.65. The van der Waals surface area contributed by atoms with Gasteiger partial charge in [0.15, 0.2) is 0 Å². The molecule has 0 bridgehead atoms. The molecule has 0 aliphatic carbocycles. The smallest absolute Gasteiger partial charge is 0.137 e. The SMILES string of the molecule is CC(C)(C)CC(N)c1cc(F)c(Br)cc1F. The topological polar surface area (TPSA) is 26.0 Å². The van der Waals surface area contributed by atoms with Crippen LogP contribution in [0.4, 0.5) is 8.78 Å². The van der Waals surface area contributed by atoms with Gasteiger partial charge in [0.2, 0.25) is 0 Å². The summed E-state index contributed by atoms with van der Waals surface area (Å²) in [4.78, 5) is 0. The summed E-state index contributed by atoms with van der Waals surface area (Å²) >= 11 is 2.93. The molecule has 0 fully saturated rings. The molecule has 2 N–H and O–H groups in total. The molecule has 0 spiro atoms.